The van der Waals surface area contributed by atoms with Crippen LogP contribution >= 0.6 is 15.9 Å². The van der Waals surface area contributed by atoms with Crippen molar-refractivity contribution >= 4 is 26.9 Å². The minimum Gasteiger partial charge on any atom is -0.460 e. The average Bonchev–Trinajstić information content (AvgIpc) is 2.49. The Balaban J connectivity index is 2.36. The lowest BCUT2D eigenvalue weighted by Gasteiger charge is -2.09. The molecule has 0 unspecified atom stereocenters. The van der Waals surface area contributed by atoms with Gasteiger partial charge in [0, 0.05) is 11.8 Å². The van der Waals surface area contributed by atoms with Gasteiger partial charge in [-0.3, -0.25) is 4.79 Å². The lowest BCUT2D eigenvalue weighted by Crippen LogP contribution is -2.09. The van der Waals surface area contributed by atoms with Crippen LogP contribution in [0.25, 0.3) is 22.1 Å². The number of hydrogen-bond acceptors (Lipinski definition) is 2. The molecule has 3 aromatic rings. The quantitative estimate of drug-likeness (QED) is 0.667. The first kappa shape index (κ1) is 13.1. The molecule has 2 aromatic carbocycles. The van der Waals surface area contributed by atoms with Gasteiger partial charge < -0.3 is 4.42 Å². The molecular formula is C17H13BrO2. The molecule has 0 fully saturated rings. The van der Waals surface area contributed by atoms with Crippen LogP contribution in [0.1, 0.15) is 5.76 Å². The van der Waals surface area contributed by atoms with Crippen molar-refractivity contribution in [1.29, 1.82) is 0 Å². The summed E-state index contributed by atoms with van der Waals surface area (Å²) in [5, 5.41) is 1.39. The molecular weight excluding hydrogens is 316 g/mol. The third kappa shape index (κ3) is 2.29. The van der Waals surface area contributed by atoms with E-state index in [9.17, 15) is 4.79 Å². The maximum atomic E-state index is 12.7. The number of aryl methyl sites for hydroxylation is 1. The molecule has 1 heterocycles. The second kappa shape index (κ2) is 5.63. The van der Waals surface area contributed by atoms with E-state index in [0.717, 1.165) is 16.7 Å². The highest BCUT2D eigenvalue weighted by Gasteiger charge is 2.15. The van der Waals surface area contributed by atoms with Gasteiger partial charge in [-0.15, -0.1) is 0 Å². The highest BCUT2D eigenvalue weighted by molar-refractivity contribution is 9.09. The van der Waals surface area contributed by atoms with Crippen molar-refractivity contribution in [2.24, 2.45) is 0 Å². The van der Waals surface area contributed by atoms with Gasteiger partial charge in [0.05, 0.1) is 10.9 Å². The number of fused-ring (bicyclic) bond motifs is 1. The summed E-state index contributed by atoms with van der Waals surface area (Å²) < 4.78 is 5.94. The zero-order valence-corrected chi connectivity index (χ0v) is 12.4. The maximum Gasteiger partial charge on any atom is 0.200 e. The molecule has 0 N–H and O–H groups in total. The molecule has 0 amide bonds. The Labute approximate surface area is 125 Å². The van der Waals surface area contributed by atoms with Gasteiger partial charge in [0.25, 0.3) is 0 Å². The molecule has 3 heteroatoms. The van der Waals surface area contributed by atoms with Gasteiger partial charge >= 0.3 is 0 Å². The maximum absolute atomic E-state index is 12.7. The molecule has 0 spiro atoms. The number of alkyl halides is 1. The predicted octanol–water partition coefficient (Wildman–Crippen LogP) is 4.40. The fourth-order valence-corrected chi connectivity index (χ4v) is 2.71. The van der Waals surface area contributed by atoms with Crippen LogP contribution in [-0.4, -0.2) is 5.33 Å². The number of halogens is 1. The van der Waals surface area contributed by atoms with Crippen LogP contribution in [0.4, 0.5) is 0 Å². The van der Waals surface area contributed by atoms with E-state index in [1.807, 2.05) is 54.6 Å². The highest BCUT2D eigenvalue weighted by Crippen LogP contribution is 2.25. The predicted molar refractivity (Wildman–Crippen MR) is 85.4 cm³/mol. The fraction of sp³-hybridized carbons (Fsp3) is 0.118. The summed E-state index contributed by atoms with van der Waals surface area (Å²) in [5.74, 6) is 0.733. The summed E-state index contributed by atoms with van der Waals surface area (Å²) >= 11 is 3.42. The van der Waals surface area contributed by atoms with Crippen molar-refractivity contribution in [3.05, 3.63) is 70.6 Å². The Morgan fingerprint density at radius 3 is 2.40 bits per heavy atom. The third-order valence-corrected chi connectivity index (χ3v) is 3.65. The van der Waals surface area contributed by atoms with Crippen LogP contribution in [0.15, 0.2) is 63.8 Å². The van der Waals surface area contributed by atoms with Crippen molar-refractivity contribution in [2.45, 2.75) is 6.42 Å². The van der Waals surface area contributed by atoms with Crippen LogP contribution in [-0.2, 0) is 6.42 Å². The molecule has 2 nitrogen and oxygen atoms in total. The van der Waals surface area contributed by atoms with Gasteiger partial charge in [-0.2, -0.15) is 0 Å². The van der Waals surface area contributed by atoms with Gasteiger partial charge in [0.2, 0.25) is 5.43 Å². The van der Waals surface area contributed by atoms with Crippen molar-refractivity contribution in [1.82, 2.24) is 0 Å². The SMILES string of the molecule is O=c1c(-c2ccccc2)c(CCBr)oc2ccccc12. The molecule has 3 rings (SSSR count). The zero-order valence-electron chi connectivity index (χ0n) is 10.8. The van der Waals surface area contributed by atoms with E-state index >= 15 is 0 Å². The van der Waals surface area contributed by atoms with Crippen LogP contribution in [0.3, 0.4) is 0 Å². The van der Waals surface area contributed by atoms with E-state index in [0.29, 0.717) is 23.0 Å². The topological polar surface area (TPSA) is 30.2 Å². The minimum atomic E-state index is 0.0361. The molecule has 0 saturated heterocycles. The first-order valence-electron chi connectivity index (χ1n) is 6.47. The van der Waals surface area contributed by atoms with Gasteiger partial charge in [-0.05, 0) is 17.7 Å². The Bertz CT molecular complexity index is 791. The molecule has 0 aliphatic carbocycles. The fourth-order valence-electron chi connectivity index (χ4n) is 2.35. The summed E-state index contributed by atoms with van der Waals surface area (Å²) in [4.78, 5) is 12.7. The summed E-state index contributed by atoms with van der Waals surface area (Å²) in [6.45, 7) is 0. The normalized spacial score (nSPS) is 10.8. The van der Waals surface area contributed by atoms with Crippen molar-refractivity contribution in [3.63, 3.8) is 0 Å². The van der Waals surface area contributed by atoms with E-state index in [-0.39, 0.29) is 5.43 Å². The number of benzene rings is 2. The van der Waals surface area contributed by atoms with Crippen LogP contribution in [0.2, 0.25) is 0 Å². The molecule has 0 saturated carbocycles. The molecule has 0 bridgehead atoms. The average molecular weight is 329 g/mol. The minimum absolute atomic E-state index is 0.0361. The summed E-state index contributed by atoms with van der Waals surface area (Å²) in [5.41, 5.74) is 2.26. The second-order valence-electron chi connectivity index (χ2n) is 4.53. The Morgan fingerprint density at radius 1 is 0.950 bits per heavy atom. The van der Waals surface area contributed by atoms with E-state index in [1.165, 1.54) is 0 Å². The third-order valence-electron chi connectivity index (χ3n) is 3.25. The first-order chi connectivity index (χ1) is 9.81. The molecule has 0 radical (unpaired) electrons. The molecule has 100 valence electrons. The summed E-state index contributed by atoms with van der Waals surface area (Å²) in [6.07, 6.45) is 0.685. The summed E-state index contributed by atoms with van der Waals surface area (Å²) in [7, 11) is 0. The Kier molecular flexibility index (Phi) is 3.70. The van der Waals surface area contributed by atoms with Gasteiger partial charge in [-0.25, -0.2) is 0 Å². The number of rotatable bonds is 3. The van der Waals surface area contributed by atoms with Crippen molar-refractivity contribution < 1.29 is 4.42 Å². The van der Waals surface area contributed by atoms with E-state index < -0.39 is 0 Å². The van der Waals surface area contributed by atoms with Crippen LogP contribution in [0, 0.1) is 0 Å². The Hall–Kier alpha value is -1.87. The molecule has 0 atom stereocenters. The van der Waals surface area contributed by atoms with Crippen molar-refractivity contribution in [2.75, 3.05) is 5.33 Å². The van der Waals surface area contributed by atoms with Gasteiger partial charge in [0.15, 0.2) is 0 Å². The van der Waals surface area contributed by atoms with E-state index in [4.69, 9.17) is 4.42 Å². The largest absolute Gasteiger partial charge is 0.460 e. The standard InChI is InChI=1S/C17H13BrO2/c18-11-10-15-16(12-6-2-1-3-7-12)17(19)13-8-4-5-9-14(13)20-15/h1-9H,10-11H2. The van der Waals surface area contributed by atoms with Crippen molar-refractivity contribution in [3.8, 4) is 11.1 Å². The zero-order chi connectivity index (χ0) is 13.9. The van der Waals surface area contributed by atoms with E-state index in [2.05, 4.69) is 15.9 Å². The second-order valence-corrected chi connectivity index (χ2v) is 5.32. The smallest absolute Gasteiger partial charge is 0.200 e. The number of para-hydroxylation sites is 1. The highest BCUT2D eigenvalue weighted by atomic mass is 79.9. The lowest BCUT2D eigenvalue weighted by molar-refractivity contribution is 0.548. The van der Waals surface area contributed by atoms with Crippen LogP contribution < -0.4 is 5.43 Å². The molecule has 0 aliphatic rings. The molecule has 1 aromatic heterocycles. The summed E-state index contributed by atoms with van der Waals surface area (Å²) in [6, 6.07) is 17.1. The monoisotopic (exact) mass is 328 g/mol. The first-order valence-corrected chi connectivity index (χ1v) is 7.59. The van der Waals surface area contributed by atoms with Crippen LogP contribution in [0.5, 0.6) is 0 Å². The Morgan fingerprint density at radius 2 is 1.65 bits per heavy atom. The van der Waals surface area contributed by atoms with Gasteiger partial charge in [-0.1, -0.05) is 58.4 Å². The van der Waals surface area contributed by atoms with E-state index in [1.54, 1.807) is 0 Å². The number of hydrogen-bond donors (Lipinski definition) is 0. The molecule has 0 aliphatic heterocycles. The lowest BCUT2D eigenvalue weighted by atomic mass is 10.0. The molecule has 20 heavy (non-hydrogen) atoms. The van der Waals surface area contributed by atoms with Gasteiger partial charge in [0.1, 0.15) is 11.3 Å².